The largest absolute Gasteiger partial charge is 0.476 e. The van der Waals surface area contributed by atoms with Gasteiger partial charge in [-0.05, 0) is 24.0 Å². The molecular formula is C14H17N3O2. The SMILES string of the molecule is Cc1ccccc1Cn1nnc(C(=O)O)c1C(C)C. The molecule has 0 amide bonds. The number of hydrogen-bond acceptors (Lipinski definition) is 3. The summed E-state index contributed by atoms with van der Waals surface area (Å²) in [5, 5.41) is 16.9. The van der Waals surface area contributed by atoms with Crippen LogP contribution in [0.3, 0.4) is 0 Å². The summed E-state index contributed by atoms with van der Waals surface area (Å²) in [6.45, 7) is 6.46. The third-order valence-electron chi connectivity index (χ3n) is 3.10. The Balaban J connectivity index is 2.41. The second-order valence-electron chi connectivity index (χ2n) is 4.87. The van der Waals surface area contributed by atoms with Crippen molar-refractivity contribution in [1.29, 1.82) is 0 Å². The molecule has 0 unspecified atom stereocenters. The van der Waals surface area contributed by atoms with Gasteiger partial charge in [0.1, 0.15) is 0 Å². The number of aromatic nitrogens is 3. The molecule has 0 spiro atoms. The summed E-state index contributed by atoms with van der Waals surface area (Å²) in [7, 11) is 0. The molecule has 0 aliphatic carbocycles. The van der Waals surface area contributed by atoms with E-state index in [2.05, 4.69) is 10.3 Å². The van der Waals surface area contributed by atoms with Crippen molar-refractivity contribution in [3.05, 3.63) is 46.8 Å². The van der Waals surface area contributed by atoms with Gasteiger partial charge in [0.25, 0.3) is 0 Å². The molecule has 5 heteroatoms. The predicted octanol–water partition coefficient (Wildman–Crippen LogP) is 2.46. The van der Waals surface area contributed by atoms with Crippen molar-refractivity contribution in [2.45, 2.75) is 33.2 Å². The first-order valence-corrected chi connectivity index (χ1v) is 6.22. The predicted molar refractivity (Wildman–Crippen MR) is 71.4 cm³/mol. The van der Waals surface area contributed by atoms with Crippen molar-refractivity contribution in [2.75, 3.05) is 0 Å². The molecule has 1 aromatic carbocycles. The Bertz CT molecular complexity index is 602. The minimum absolute atomic E-state index is 0.0450. The van der Waals surface area contributed by atoms with Crippen molar-refractivity contribution in [1.82, 2.24) is 15.0 Å². The summed E-state index contributed by atoms with van der Waals surface area (Å²) in [5.41, 5.74) is 2.98. The number of carboxylic acid groups (broad SMARTS) is 1. The van der Waals surface area contributed by atoms with E-state index in [0.717, 1.165) is 11.1 Å². The van der Waals surface area contributed by atoms with E-state index in [-0.39, 0.29) is 11.6 Å². The van der Waals surface area contributed by atoms with Crippen molar-refractivity contribution in [3.8, 4) is 0 Å². The molecule has 1 heterocycles. The van der Waals surface area contributed by atoms with Crippen LogP contribution in [0.15, 0.2) is 24.3 Å². The molecule has 5 nitrogen and oxygen atoms in total. The average molecular weight is 259 g/mol. The van der Waals surface area contributed by atoms with E-state index in [4.69, 9.17) is 5.11 Å². The number of aryl methyl sites for hydroxylation is 1. The molecule has 0 atom stereocenters. The standard InChI is InChI=1S/C14H17N3O2/c1-9(2)13-12(14(18)19)15-16-17(13)8-11-7-5-4-6-10(11)3/h4-7,9H,8H2,1-3H3,(H,18,19). The van der Waals surface area contributed by atoms with Gasteiger partial charge in [-0.2, -0.15) is 0 Å². The Hall–Kier alpha value is -2.17. The Morgan fingerprint density at radius 1 is 1.37 bits per heavy atom. The normalized spacial score (nSPS) is 10.9. The van der Waals surface area contributed by atoms with E-state index < -0.39 is 5.97 Å². The highest BCUT2D eigenvalue weighted by molar-refractivity contribution is 5.86. The van der Waals surface area contributed by atoms with Crippen LogP contribution in [0.25, 0.3) is 0 Å². The maximum atomic E-state index is 11.1. The number of nitrogens with zero attached hydrogens (tertiary/aromatic N) is 3. The summed E-state index contributed by atoms with van der Waals surface area (Å²) >= 11 is 0. The molecule has 0 fully saturated rings. The number of hydrogen-bond donors (Lipinski definition) is 1. The van der Waals surface area contributed by atoms with Crippen LogP contribution >= 0.6 is 0 Å². The summed E-state index contributed by atoms with van der Waals surface area (Å²) in [6.07, 6.45) is 0. The Labute approximate surface area is 111 Å². The van der Waals surface area contributed by atoms with Crippen LogP contribution in [0.4, 0.5) is 0 Å². The lowest BCUT2D eigenvalue weighted by molar-refractivity contribution is 0.0688. The van der Waals surface area contributed by atoms with Gasteiger partial charge in [-0.1, -0.05) is 43.3 Å². The topological polar surface area (TPSA) is 68.0 Å². The zero-order chi connectivity index (χ0) is 14.0. The molecule has 19 heavy (non-hydrogen) atoms. The number of rotatable bonds is 4. The van der Waals surface area contributed by atoms with E-state index in [1.165, 1.54) is 0 Å². The quantitative estimate of drug-likeness (QED) is 0.915. The van der Waals surface area contributed by atoms with Crippen molar-refractivity contribution in [2.24, 2.45) is 0 Å². The van der Waals surface area contributed by atoms with E-state index in [0.29, 0.717) is 12.2 Å². The van der Waals surface area contributed by atoms with E-state index in [1.807, 2.05) is 45.0 Å². The number of carbonyl (C=O) groups is 1. The van der Waals surface area contributed by atoms with Gasteiger partial charge >= 0.3 is 5.97 Å². The summed E-state index contributed by atoms with van der Waals surface area (Å²) in [5.74, 6) is -0.968. The molecule has 0 radical (unpaired) electrons. The molecule has 0 aliphatic rings. The highest BCUT2D eigenvalue weighted by Crippen LogP contribution is 2.19. The highest BCUT2D eigenvalue weighted by Gasteiger charge is 2.21. The fourth-order valence-corrected chi connectivity index (χ4v) is 2.11. The van der Waals surface area contributed by atoms with Gasteiger partial charge in [0.2, 0.25) is 0 Å². The van der Waals surface area contributed by atoms with Crippen LogP contribution in [0, 0.1) is 6.92 Å². The average Bonchev–Trinajstić information content (AvgIpc) is 2.76. The molecular weight excluding hydrogens is 242 g/mol. The third kappa shape index (κ3) is 2.65. The van der Waals surface area contributed by atoms with Crippen molar-refractivity contribution >= 4 is 5.97 Å². The second-order valence-corrected chi connectivity index (χ2v) is 4.87. The summed E-state index contributed by atoms with van der Waals surface area (Å²) in [4.78, 5) is 11.1. The van der Waals surface area contributed by atoms with Gasteiger partial charge in [-0.3, -0.25) is 0 Å². The van der Waals surface area contributed by atoms with E-state index in [1.54, 1.807) is 4.68 Å². The molecule has 2 rings (SSSR count). The zero-order valence-corrected chi connectivity index (χ0v) is 11.3. The Kier molecular flexibility index (Phi) is 3.64. The molecule has 0 saturated heterocycles. The smallest absolute Gasteiger partial charge is 0.358 e. The van der Waals surface area contributed by atoms with Crippen LogP contribution in [0.5, 0.6) is 0 Å². The molecule has 0 saturated carbocycles. The van der Waals surface area contributed by atoms with Gasteiger partial charge in [0.15, 0.2) is 5.69 Å². The molecule has 1 N–H and O–H groups in total. The summed E-state index contributed by atoms with van der Waals surface area (Å²) in [6, 6.07) is 7.99. The molecule has 2 aromatic rings. The highest BCUT2D eigenvalue weighted by atomic mass is 16.4. The van der Waals surface area contributed by atoms with Crippen LogP contribution in [0.2, 0.25) is 0 Å². The lowest BCUT2D eigenvalue weighted by Gasteiger charge is -2.11. The third-order valence-corrected chi connectivity index (χ3v) is 3.10. The number of carboxylic acids is 1. The van der Waals surface area contributed by atoms with Gasteiger partial charge in [-0.15, -0.1) is 5.10 Å². The van der Waals surface area contributed by atoms with Crippen LogP contribution < -0.4 is 0 Å². The van der Waals surface area contributed by atoms with Crippen LogP contribution in [-0.2, 0) is 6.54 Å². The number of aromatic carboxylic acids is 1. The minimum Gasteiger partial charge on any atom is -0.476 e. The van der Waals surface area contributed by atoms with Crippen LogP contribution in [-0.4, -0.2) is 26.1 Å². The summed E-state index contributed by atoms with van der Waals surface area (Å²) < 4.78 is 1.68. The van der Waals surface area contributed by atoms with Gasteiger partial charge in [-0.25, -0.2) is 9.48 Å². The maximum absolute atomic E-state index is 11.1. The first-order chi connectivity index (χ1) is 9.00. The lowest BCUT2D eigenvalue weighted by atomic mass is 10.1. The molecule has 0 bridgehead atoms. The first-order valence-electron chi connectivity index (χ1n) is 6.22. The number of benzene rings is 1. The molecule has 0 aliphatic heterocycles. The second kappa shape index (κ2) is 5.22. The molecule has 100 valence electrons. The first kappa shape index (κ1) is 13.3. The van der Waals surface area contributed by atoms with Crippen molar-refractivity contribution in [3.63, 3.8) is 0 Å². The van der Waals surface area contributed by atoms with Gasteiger partial charge in [0, 0.05) is 0 Å². The minimum atomic E-state index is -1.03. The lowest BCUT2D eigenvalue weighted by Crippen LogP contribution is -2.11. The fourth-order valence-electron chi connectivity index (χ4n) is 2.11. The Morgan fingerprint density at radius 2 is 2.05 bits per heavy atom. The maximum Gasteiger partial charge on any atom is 0.358 e. The zero-order valence-electron chi connectivity index (χ0n) is 11.3. The van der Waals surface area contributed by atoms with Gasteiger partial charge in [0.05, 0.1) is 12.2 Å². The van der Waals surface area contributed by atoms with Gasteiger partial charge < -0.3 is 5.11 Å². The fraction of sp³-hybridized carbons (Fsp3) is 0.357. The Morgan fingerprint density at radius 3 is 2.63 bits per heavy atom. The van der Waals surface area contributed by atoms with Crippen molar-refractivity contribution < 1.29 is 9.90 Å². The molecule has 1 aromatic heterocycles. The van der Waals surface area contributed by atoms with E-state index in [9.17, 15) is 4.79 Å². The van der Waals surface area contributed by atoms with E-state index >= 15 is 0 Å². The van der Waals surface area contributed by atoms with Crippen LogP contribution in [0.1, 0.15) is 47.1 Å². The monoisotopic (exact) mass is 259 g/mol.